The largest absolute Gasteiger partial charge is 0.366 e. The summed E-state index contributed by atoms with van der Waals surface area (Å²) in [5, 5.41) is 0.617. The summed E-state index contributed by atoms with van der Waals surface area (Å²) in [4.78, 5) is 16.0. The van der Waals surface area contributed by atoms with E-state index < -0.39 is 0 Å². The van der Waals surface area contributed by atoms with Gasteiger partial charge in [-0.05, 0) is 29.8 Å². The second kappa shape index (κ2) is 7.49. The Hall–Kier alpha value is -2.33. The van der Waals surface area contributed by atoms with Crippen LogP contribution in [0, 0.1) is 5.82 Å². The van der Waals surface area contributed by atoms with Crippen molar-refractivity contribution in [1.29, 1.82) is 0 Å². The van der Waals surface area contributed by atoms with Crippen LogP contribution >= 0.6 is 11.6 Å². The average molecular weight is 345 g/mol. The molecule has 124 valence electrons. The number of rotatable bonds is 3. The second-order valence-corrected chi connectivity index (χ2v) is 6.03. The quantitative estimate of drug-likeness (QED) is 0.790. The van der Waals surface area contributed by atoms with E-state index in [1.54, 1.807) is 35.3 Å². The Bertz CT molecular complexity index is 755. The molecule has 3 nitrogen and oxygen atoms in total. The molecule has 1 aliphatic heterocycles. The van der Waals surface area contributed by atoms with E-state index in [0.29, 0.717) is 36.9 Å². The Labute approximate surface area is 145 Å². The van der Waals surface area contributed by atoms with E-state index in [4.69, 9.17) is 11.6 Å². The fourth-order valence-corrected chi connectivity index (χ4v) is 2.95. The van der Waals surface area contributed by atoms with Crippen molar-refractivity contribution in [3.8, 4) is 0 Å². The summed E-state index contributed by atoms with van der Waals surface area (Å²) < 4.78 is 13.8. The first kappa shape index (κ1) is 16.5. The summed E-state index contributed by atoms with van der Waals surface area (Å²) in [5.74, 6) is -0.279. The van der Waals surface area contributed by atoms with Crippen LogP contribution < -0.4 is 4.90 Å². The molecule has 1 aliphatic rings. The molecule has 2 aromatic rings. The molecular formula is C19H18ClFN2O. The highest BCUT2D eigenvalue weighted by Crippen LogP contribution is 2.20. The van der Waals surface area contributed by atoms with Gasteiger partial charge in [-0.3, -0.25) is 4.79 Å². The number of piperazine rings is 1. The molecular weight excluding hydrogens is 327 g/mol. The first-order chi connectivity index (χ1) is 11.6. The van der Waals surface area contributed by atoms with Crippen molar-refractivity contribution in [2.24, 2.45) is 0 Å². The lowest BCUT2D eigenvalue weighted by atomic mass is 10.2. The van der Waals surface area contributed by atoms with Gasteiger partial charge in [0, 0.05) is 37.3 Å². The Morgan fingerprint density at radius 2 is 1.67 bits per heavy atom. The van der Waals surface area contributed by atoms with Crippen LogP contribution in [0.3, 0.4) is 0 Å². The molecule has 0 spiro atoms. The number of nitrogens with zero attached hydrogens (tertiary/aromatic N) is 2. The summed E-state index contributed by atoms with van der Waals surface area (Å²) >= 11 is 6.08. The third-order valence-corrected chi connectivity index (χ3v) is 4.44. The van der Waals surface area contributed by atoms with Crippen LogP contribution in [0.1, 0.15) is 5.56 Å². The normalized spacial score (nSPS) is 15.1. The predicted octanol–water partition coefficient (Wildman–Crippen LogP) is 3.84. The van der Waals surface area contributed by atoms with E-state index in [1.165, 1.54) is 6.07 Å². The van der Waals surface area contributed by atoms with Crippen LogP contribution in [0.15, 0.2) is 54.6 Å². The zero-order chi connectivity index (χ0) is 16.9. The van der Waals surface area contributed by atoms with Gasteiger partial charge in [-0.1, -0.05) is 41.9 Å². The molecule has 1 fully saturated rings. The lowest BCUT2D eigenvalue weighted by Crippen LogP contribution is -2.48. The van der Waals surface area contributed by atoms with Gasteiger partial charge in [-0.2, -0.15) is 0 Å². The van der Waals surface area contributed by atoms with Gasteiger partial charge in [0.25, 0.3) is 0 Å². The first-order valence-corrected chi connectivity index (χ1v) is 8.24. The SMILES string of the molecule is O=C(/C=C/c1ccccc1Cl)N1CCN(c2ccccc2F)CC1. The maximum absolute atomic E-state index is 13.8. The van der Waals surface area contributed by atoms with Gasteiger partial charge in [-0.25, -0.2) is 4.39 Å². The summed E-state index contributed by atoms with van der Waals surface area (Å²) in [7, 11) is 0. The molecule has 1 heterocycles. The number of carbonyl (C=O) groups is 1. The monoisotopic (exact) mass is 344 g/mol. The van der Waals surface area contributed by atoms with Crippen LogP contribution in [0.5, 0.6) is 0 Å². The predicted molar refractivity (Wildman–Crippen MR) is 95.7 cm³/mol. The van der Waals surface area contributed by atoms with Crippen LogP contribution in [0.4, 0.5) is 10.1 Å². The molecule has 1 saturated heterocycles. The Morgan fingerprint density at radius 1 is 1.00 bits per heavy atom. The molecule has 1 amide bonds. The van der Waals surface area contributed by atoms with Crippen LogP contribution in [0.25, 0.3) is 6.08 Å². The maximum Gasteiger partial charge on any atom is 0.246 e. The zero-order valence-electron chi connectivity index (χ0n) is 13.2. The number of hydrogen-bond acceptors (Lipinski definition) is 2. The molecule has 3 rings (SSSR count). The Balaban J connectivity index is 1.59. The maximum atomic E-state index is 13.8. The van der Waals surface area contributed by atoms with Crippen molar-refractivity contribution >= 4 is 29.3 Å². The second-order valence-electron chi connectivity index (χ2n) is 5.62. The standard InChI is InChI=1S/C19H18ClFN2O/c20-16-6-2-1-5-15(16)9-10-19(24)23-13-11-22(12-14-23)18-8-4-3-7-17(18)21/h1-10H,11-14H2/b10-9+. The summed E-state index contributed by atoms with van der Waals surface area (Å²) in [5.41, 5.74) is 1.41. The van der Waals surface area contributed by atoms with E-state index in [-0.39, 0.29) is 11.7 Å². The van der Waals surface area contributed by atoms with Gasteiger partial charge in [0.15, 0.2) is 0 Å². The number of carbonyl (C=O) groups excluding carboxylic acids is 1. The minimum atomic E-state index is -0.226. The number of anilines is 1. The number of benzene rings is 2. The molecule has 0 aliphatic carbocycles. The van der Waals surface area contributed by atoms with Gasteiger partial charge in [0.05, 0.1) is 5.69 Å². The van der Waals surface area contributed by atoms with Gasteiger partial charge in [0.1, 0.15) is 5.82 Å². The molecule has 0 bridgehead atoms. The molecule has 0 radical (unpaired) electrons. The van der Waals surface area contributed by atoms with Crippen molar-refractivity contribution in [3.05, 3.63) is 71.0 Å². The smallest absolute Gasteiger partial charge is 0.246 e. The van der Waals surface area contributed by atoms with Crippen molar-refractivity contribution in [1.82, 2.24) is 4.90 Å². The van der Waals surface area contributed by atoms with Gasteiger partial charge in [0.2, 0.25) is 5.91 Å². The number of amides is 1. The van der Waals surface area contributed by atoms with E-state index in [1.807, 2.05) is 29.2 Å². The fraction of sp³-hybridized carbons (Fsp3) is 0.211. The lowest BCUT2D eigenvalue weighted by Gasteiger charge is -2.35. The summed E-state index contributed by atoms with van der Waals surface area (Å²) in [6, 6.07) is 14.1. The van der Waals surface area contributed by atoms with Crippen LogP contribution in [-0.2, 0) is 4.79 Å². The molecule has 0 N–H and O–H groups in total. The third-order valence-electron chi connectivity index (χ3n) is 4.10. The topological polar surface area (TPSA) is 23.6 Å². The van der Waals surface area contributed by atoms with E-state index in [2.05, 4.69) is 0 Å². The summed E-state index contributed by atoms with van der Waals surface area (Å²) in [6.45, 7) is 2.37. The third kappa shape index (κ3) is 3.77. The Kier molecular flexibility index (Phi) is 5.16. The van der Waals surface area contributed by atoms with E-state index in [9.17, 15) is 9.18 Å². The highest BCUT2D eigenvalue weighted by Gasteiger charge is 2.21. The van der Waals surface area contributed by atoms with Crippen molar-refractivity contribution in [2.45, 2.75) is 0 Å². The molecule has 0 atom stereocenters. The highest BCUT2D eigenvalue weighted by molar-refractivity contribution is 6.32. The van der Waals surface area contributed by atoms with Crippen molar-refractivity contribution < 1.29 is 9.18 Å². The first-order valence-electron chi connectivity index (χ1n) is 7.86. The molecule has 24 heavy (non-hydrogen) atoms. The van der Waals surface area contributed by atoms with Gasteiger partial charge in [-0.15, -0.1) is 0 Å². The summed E-state index contributed by atoms with van der Waals surface area (Å²) in [6.07, 6.45) is 3.27. The minimum Gasteiger partial charge on any atom is -0.366 e. The number of hydrogen-bond donors (Lipinski definition) is 0. The number of halogens is 2. The molecule has 0 saturated carbocycles. The fourth-order valence-electron chi connectivity index (χ4n) is 2.75. The molecule has 0 unspecified atom stereocenters. The minimum absolute atomic E-state index is 0.0527. The lowest BCUT2D eigenvalue weighted by molar-refractivity contribution is -0.126. The van der Waals surface area contributed by atoms with Crippen molar-refractivity contribution in [3.63, 3.8) is 0 Å². The highest BCUT2D eigenvalue weighted by atomic mass is 35.5. The van der Waals surface area contributed by atoms with Gasteiger partial charge < -0.3 is 9.80 Å². The van der Waals surface area contributed by atoms with Crippen molar-refractivity contribution in [2.75, 3.05) is 31.1 Å². The van der Waals surface area contributed by atoms with E-state index >= 15 is 0 Å². The zero-order valence-corrected chi connectivity index (χ0v) is 13.9. The average Bonchev–Trinajstić information content (AvgIpc) is 2.61. The van der Waals surface area contributed by atoms with Gasteiger partial charge >= 0.3 is 0 Å². The Morgan fingerprint density at radius 3 is 2.38 bits per heavy atom. The van der Waals surface area contributed by atoms with Crippen LogP contribution in [0.2, 0.25) is 5.02 Å². The number of para-hydroxylation sites is 1. The molecule has 0 aromatic heterocycles. The molecule has 2 aromatic carbocycles. The molecule has 5 heteroatoms. The van der Waals surface area contributed by atoms with E-state index in [0.717, 1.165) is 5.56 Å². The van der Waals surface area contributed by atoms with Crippen LogP contribution in [-0.4, -0.2) is 37.0 Å².